The van der Waals surface area contributed by atoms with E-state index in [9.17, 15) is 9.18 Å². The molecule has 18 heavy (non-hydrogen) atoms. The van der Waals surface area contributed by atoms with Gasteiger partial charge in [-0.2, -0.15) is 0 Å². The van der Waals surface area contributed by atoms with E-state index in [1.54, 1.807) is 0 Å². The highest BCUT2D eigenvalue weighted by atomic mass is 79.9. The van der Waals surface area contributed by atoms with Gasteiger partial charge >= 0.3 is 5.97 Å². The number of nitrogen functional groups attached to an aromatic ring is 1. The molecule has 0 atom stereocenters. The van der Waals surface area contributed by atoms with Crippen LogP contribution in [0.1, 0.15) is 10.4 Å². The number of aromatic nitrogens is 2. The number of benzene rings is 1. The molecule has 1 aromatic heterocycles. The minimum Gasteiger partial charge on any atom is -0.477 e. The lowest BCUT2D eigenvalue weighted by molar-refractivity contribution is 0.0697. The molecule has 0 aliphatic rings. The molecule has 0 aliphatic carbocycles. The maximum absolute atomic E-state index is 13.6. The number of halogens is 2. The van der Waals surface area contributed by atoms with Crippen LogP contribution in [0.15, 0.2) is 28.9 Å². The molecule has 0 spiro atoms. The highest BCUT2D eigenvalue weighted by molar-refractivity contribution is 9.10. The van der Waals surface area contributed by atoms with Crippen LogP contribution in [0.25, 0.3) is 11.4 Å². The molecule has 0 unspecified atom stereocenters. The van der Waals surface area contributed by atoms with Crippen molar-refractivity contribution in [3.63, 3.8) is 0 Å². The van der Waals surface area contributed by atoms with E-state index in [1.807, 2.05) is 0 Å². The number of anilines is 1. The molecule has 92 valence electrons. The Bertz CT molecular complexity index is 634. The Morgan fingerprint density at radius 1 is 1.44 bits per heavy atom. The molecule has 0 amide bonds. The fourth-order valence-electron chi connectivity index (χ4n) is 1.36. The highest BCUT2D eigenvalue weighted by Crippen LogP contribution is 2.24. The smallest absolute Gasteiger partial charge is 0.341 e. The average molecular weight is 312 g/mol. The molecule has 7 heteroatoms. The lowest BCUT2D eigenvalue weighted by Crippen LogP contribution is -2.07. The summed E-state index contributed by atoms with van der Waals surface area (Å²) in [6, 6.07) is 4.28. The SMILES string of the molecule is Nc1nc(-c2cc(Br)ccc2F)ncc1C(=O)O. The van der Waals surface area contributed by atoms with Crippen molar-refractivity contribution >= 4 is 27.7 Å². The Kier molecular flexibility index (Phi) is 3.24. The lowest BCUT2D eigenvalue weighted by atomic mass is 10.2. The quantitative estimate of drug-likeness (QED) is 0.888. The van der Waals surface area contributed by atoms with Crippen LogP contribution in [-0.2, 0) is 0 Å². The van der Waals surface area contributed by atoms with Crippen molar-refractivity contribution < 1.29 is 14.3 Å². The van der Waals surface area contributed by atoms with Crippen LogP contribution in [0.4, 0.5) is 10.2 Å². The number of hydrogen-bond donors (Lipinski definition) is 2. The second kappa shape index (κ2) is 4.69. The molecule has 0 fully saturated rings. The molecule has 0 radical (unpaired) electrons. The topological polar surface area (TPSA) is 89.1 Å². The Balaban J connectivity index is 2.55. The maximum atomic E-state index is 13.6. The first-order chi connectivity index (χ1) is 8.49. The molecule has 0 bridgehead atoms. The number of carboxylic acid groups (broad SMARTS) is 1. The van der Waals surface area contributed by atoms with Gasteiger partial charge in [-0.1, -0.05) is 15.9 Å². The Morgan fingerprint density at radius 2 is 2.17 bits per heavy atom. The van der Waals surface area contributed by atoms with Crippen LogP contribution in [0.2, 0.25) is 0 Å². The molecular formula is C11H7BrFN3O2. The lowest BCUT2D eigenvalue weighted by Gasteiger charge is -2.05. The van der Waals surface area contributed by atoms with E-state index in [1.165, 1.54) is 18.2 Å². The van der Waals surface area contributed by atoms with Gasteiger partial charge in [-0.25, -0.2) is 19.2 Å². The molecule has 2 rings (SSSR count). The van der Waals surface area contributed by atoms with E-state index >= 15 is 0 Å². The Hall–Kier alpha value is -2.02. The van der Waals surface area contributed by atoms with Crippen molar-refractivity contribution in [3.8, 4) is 11.4 Å². The Morgan fingerprint density at radius 3 is 2.78 bits per heavy atom. The third-order valence-electron chi connectivity index (χ3n) is 2.22. The normalized spacial score (nSPS) is 10.3. The largest absolute Gasteiger partial charge is 0.477 e. The predicted molar refractivity (Wildman–Crippen MR) is 66.5 cm³/mol. The number of aromatic carboxylic acids is 1. The van der Waals surface area contributed by atoms with Gasteiger partial charge in [0.25, 0.3) is 0 Å². The van der Waals surface area contributed by atoms with Gasteiger partial charge in [-0.3, -0.25) is 0 Å². The molecule has 0 saturated carbocycles. The van der Waals surface area contributed by atoms with Crippen LogP contribution in [-0.4, -0.2) is 21.0 Å². The maximum Gasteiger partial charge on any atom is 0.341 e. The first kappa shape index (κ1) is 12.4. The molecule has 0 saturated heterocycles. The standard InChI is InChI=1S/C11H7BrFN3O2/c12-5-1-2-8(13)6(3-5)10-15-4-7(11(17)18)9(14)16-10/h1-4H,(H,17,18)(H2,14,15,16). The van der Waals surface area contributed by atoms with Crippen LogP contribution < -0.4 is 5.73 Å². The summed E-state index contributed by atoms with van der Waals surface area (Å²) >= 11 is 3.20. The number of nitrogens with two attached hydrogens (primary N) is 1. The number of hydrogen-bond acceptors (Lipinski definition) is 4. The van der Waals surface area contributed by atoms with Gasteiger partial charge in [0.1, 0.15) is 17.2 Å². The van der Waals surface area contributed by atoms with Crippen molar-refractivity contribution in [2.75, 3.05) is 5.73 Å². The van der Waals surface area contributed by atoms with E-state index in [4.69, 9.17) is 10.8 Å². The average Bonchev–Trinajstić information content (AvgIpc) is 2.31. The molecule has 5 nitrogen and oxygen atoms in total. The summed E-state index contributed by atoms with van der Waals surface area (Å²) in [4.78, 5) is 18.3. The van der Waals surface area contributed by atoms with E-state index in [0.29, 0.717) is 4.47 Å². The van der Waals surface area contributed by atoms with Gasteiger partial charge in [-0.05, 0) is 18.2 Å². The minimum absolute atomic E-state index is 0.0382. The van der Waals surface area contributed by atoms with Gasteiger partial charge in [0.05, 0.1) is 5.56 Å². The van der Waals surface area contributed by atoms with Crippen molar-refractivity contribution in [2.45, 2.75) is 0 Å². The second-order valence-corrected chi connectivity index (χ2v) is 4.34. The van der Waals surface area contributed by atoms with Crippen LogP contribution in [0, 0.1) is 5.82 Å². The van der Waals surface area contributed by atoms with E-state index in [0.717, 1.165) is 6.20 Å². The van der Waals surface area contributed by atoms with Gasteiger partial charge in [0.2, 0.25) is 0 Å². The zero-order chi connectivity index (χ0) is 13.3. The summed E-state index contributed by atoms with van der Waals surface area (Å²) in [5.74, 6) is -1.90. The van der Waals surface area contributed by atoms with Gasteiger partial charge in [-0.15, -0.1) is 0 Å². The molecule has 3 N–H and O–H groups in total. The second-order valence-electron chi connectivity index (χ2n) is 3.42. The molecule has 0 aliphatic heterocycles. The van der Waals surface area contributed by atoms with Gasteiger partial charge in [0.15, 0.2) is 5.82 Å². The first-order valence-corrected chi connectivity index (χ1v) is 5.59. The fourth-order valence-corrected chi connectivity index (χ4v) is 1.72. The van der Waals surface area contributed by atoms with E-state index in [-0.39, 0.29) is 22.8 Å². The van der Waals surface area contributed by atoms with Crippen molar-refractivity contribution in [1.29, 1.82) is 0 Å². The summed E-state index contributed by atoms with van der Waals surface area (Å²) in [5, 5.41) is 8.78. The van der Waals surface area contributed by atoms with Crippen LogP contribution in [0.3, 0.4) is 0 Å². The van der Waals surface area contributed by atoms with Crippen molar-refractivity contribution in [3.05, 3.63) is 40.2 Å². The van der Waals surface area contributed by atoms with Crippen molar-refractivity contribution in [2.24, 2.45) is 0 Å². The fraction of sp³-hybridized carbons (Fsp3) is 0. The zero-order valence-corrected chi connectivity index (χ0v) is 10.5. The predicted octanol–water partition coefficient (Wildman–Crippen LogP) is 2.33. The minimum atomic E-state index is -1.23. The number of nitrogens with zero attached hydrogens (tertiary/aromatic N) is 2. The molecule has 1 heterocycles. The first-order valence-electron chi connectivity index (χ1n) is 4.80. The monoisotopic (exact) mass is 311 g/mol. The van der Waals surface area contributed by atoms with Crippen LogP contribution in [0.5, 0.6) is 0 Å². The number of rotatable bonds is 2. The summed E-state index contributed by atoms with van der Waals surface area (Å²) < 4.78 is 14.2. The summed E-state index contributed by atoms with van der Waals surface area (Å²) in [7, 11) is 0. The summed E-state index contributed by atoms with van der Waals surface area (Å²) in [5.41, 5.74) is 5.41. The molecule has 2 aromatic rings. The third-order valence-corrected chi connectivity index (χ3v) is 2.71. The zero-order valence-electron chi connectivity index (χ0n) is 8.89. The molecular weight excluding hydrogens is 305 g/mol. The number of carbonyl (C=O) groups is 1. The highest BCUT2D eigenvalue weighted by Gasteiger charge is 2.14. The van der Waals surface area contributed by atoms with Gasteiger partial charge < -0.3 is 10.8 Å². The third kappa shape index (κ3) is 2.30. The Labute approximate surface area is 110 Å². The summed E-state index contributed by atoms with van der Waals surface area (Å²) in [6.45, 7) is 0. The molecule has 1 aromatic carbocycles. The van der Waals surface area contributed by atoms with Crippen molar-refractivity contribution in [1.82, 2.24) is 9.97 Å². The van der Waals surface area contributed by atoms with Crippen LogP contribution >= 0.6 is 15.9 Å². The summed E-state index contributed by atoms with van der Waals surface area (Å²) in [6.07, 6.45) is 1.06. The van der Waals surface area contributed by atoms with E-state index < -0.39 is 11.8 Å². The van der Waals surface area contributed by atoms with Gasteiger partial charge in [0, 0.05) is 10.7 Å². The van der Waals surface area contributed by atoms with E-state index in [2.05, 4.69) is 25.9 Å². The number of carboxylic acids is 1.